The van der Waals surface area contributed by atoms with Crippen molar-refractivity contribution in [2.45, 2.75) is 51.5 Å². The van der Waals surface area contributed by atoms with E-state index in [0.717, 1.165) is 38.1 Å². The lowest BCUT2D eigenvalue weighted by Crippen LogP contribution is -2.34. The van der Waals surface area contributed by atoms with E-state index in [-0.39, 0.29) is 5.41 Å². The summed E-state index contributed by atoms with van der Waals surface area (Å²) in [6.07, 6.45) is 4.61. The van der Waals surface area contributed by atoms with E-state index >= 15 is 0 Å². The zero-order valence-corrected chi connectivity index (χ0v) is 26.2. The molecule has 6 nitrogen and oxygen atoms in total. The minimum atomic E-state index is -0.250. The molecule has 4 aromatic rings. The minimum absolute atomic E-state index is 0.250. The van der Waals surface area contributed by atoms with Crippen LogP contribution >= 0.6 is 0 Å². The molecule has 4 aromatic carbocycles. The average molecular weight is 601 g/mol. The van der Waals surface area contributed by atoms with Crippen LogP contribution in [-0.2, 0) is 22.7 Å². The highest BCUT2D eigenvalue weighted by Gasteiger charge is 2.36. The molecule has 0 bridgehead atoms. The smallest absolute Gasteiger partial charge is 0.0912 e. The summed E-state index contributed by atoms with van der Waals surface area (Å²) < 4.78 is 12.9. The van der Waals surface area contributed by atoms with Crippen LogP contribution in [0, 0.1) is 5.41 Å². The number of nitrogens with zero attached hydrogens (tertiary/aromatic N) is 4. The Morgan fingerprint density at radius 1 is 0.689 bits per heavy atom. The van der Waals surface area contributed by atoms with Crippen LogP contribution in [0.1, 0.15) is 60.5 Å². The van der Waals surface area contributed by atoms with E-state index in [9.17, 15) is 0 Å². The fourth-order valence-corrected chi connectivity index (χ4v) is 5.78. The Bertz CT molecular complexity index is 1470. The molecule has 45 heavy (non-hydrogen) atoms. The van der Waals surface area contributed by atoms with Crippen molar-refractivity contribution in [2.75, 3.05) is 26.3 Å². The predicted molar refractivity (Wildman–Crippen MR) is 182 cm³/mol. The van der Waals surface area contributed by atoms with Gasteiger partial charge in [0.15, 0.2) is 0 Å². The standard InChI is InChI=1S/C39H44N4O2/c1-32(41-43-27-38(43)36-20-12-5-13-21-36)22-23-39(30-44-28-33-14-6-2-7-15-33,31-45-29-34-16-8-3-9-17-34)24-25-40-42-26-37(42)35-18-10-4-11-19-35/h2-21,25,37-38H,22-24,26-31H2,1H3/b40-25+,41-32+. The molecule has 0 saturated carbocycles. The first kappa shape index (κ1) is 30.8. The van der Waals surface area contributed by atoms with Gasteiger partial charge < -0.3 is 9.47 Å². The maximum Gasteiger partial charge on any atom is 0.0912 e. The maximum atomic E-state index is 6.45. The van der Waals surface area contributed by atoms with Crippen molar-refractivity contribution in [3.8, 4) is 0 Å². The highest BCUT2D eigenvalue weighted by atomic mass is 16.5. The zero-order valence-electron chi connectivity index (χ0n) is 26.2. The molecule has 6 heteroatoms. The third-order valence-corrected chi connectivity index (χ3v) is 8.65. The molecule has 2 aliphatic rings. The van der Waals surface area contributed by atoms with Crippen molar-refractivity contribution in [2.24, 2.45) is 15.6 Å². The fraction of sp³-hybridized carbons (Fsp3) is 0.333. The summed E-state index contributed by atoms with van der Waals surface area (Å²) in [6.45, 7) is 6.36. The van der Waals surface area contributed by atoms with Crippen LogP contribution in [0.5, 0.6) is 0 Å². The molecule has 6 rings (SSSR count). The van der Waals surface area contributed by atoms with E-state index in [4.69, 9.17) is 19.7 Å². The number of rotatable bonds is 17. The van der Waals surface area contributed by atoms with Crippen LogP contribution in [0.4, 0.5) is 0 Å². The van der Waals surface area contributed by atoms with Gasteiger partial charge in [0.25, 0.3) is 0 Å². The van der Waals surface area contributed by atoms with Crippen LogP contribution in [0.25, 0.3) is 0 Å². The quantitative estimate of drug-likeness (QED) is 0.0909. The molecule has 2 saturated heterocycles. The van der Waals surface area contributed by atoms with Gasteiger partial charge in [0.05, 0.1) is 51.6 Å². The van der Waals surface area contributed by atoms with Crippen molar-refractivity contribution < 1.29 is 9.47 Å². The number of hydrogen-bond acceptors (Lipinski definition) is 6. The summed E-state index contributed by atoms with van der Waals surface area (Å²) in [5.74, 6) is 0. The van der Waals surface area contributed by atoms with E-state index < -0.39 is 0 Å². The summed E-state index contributed by atoms with van der Waals surface area (Å²) >= 11 is 0. The van der Waals surface area contributed by atoms with Crippen LogP contribution in [-0.4, -0.2) is 48.2 Å². The molecule has 232 valence electrons. The van der Waals surface area contributed by atoms with E-state index in [1.807, 2.05) is 12.1 Å². The molecule has 0 spiro atoms. The Morgan fingerprint density at radius 3 is 1.69 bits per heavy atom. The highest BCUT2D eigenvalue weighted by Crippen LogP contribution is 2.37. The van der Waals surface area contributed by atoms with Gasteiger partial charge in [-0.1, -0.05) is 121 Å². The monoisotopic (exact) mass is 600 g/mol. The van der Waals surface area contributed by atoms with Gasteiger partial charge in [0.2, 0.25) is 0 Å². The van der Waals surface area contributed by atoms with Crippen molar-refractivity contribution in [1.29, 1.82) is 0 Å². The largest absolute Gasteiger partial charge is 0.376 e. The molecule has 2 aliphatic heterocycles. The summed E-state index contributed by atoms with van der Waals surface area (Å²) in [4.78, 5) is 0. The second-order valence-electron chi connectivity index (χ2n) is 12.4. The number of benzene rings is 4. The zero-order chi connectivity index (χ0) is 30.7. The average Bonchev–Trinajstić information content (AvgIpc) is 4.02. The molecular weight excluding hydrogens is 556 g/mol. The Hall–Kier alpha value is -4.26. The van der Waals surface area contributed by atoms with Crippen molar-refractivity contribution in [3.05, 3.63) is 144 Å². The molecule has 2 fully saturated rings. The molecule has 0 N–H and O–H groups in total. The van der Waals surface area contributed by atoms with E-state index in [2.05, 4.69) is 132 Å². The van der Waals surface area contributed by atoms with Gasteiger partial charge in [-0.3, -0.25) is 10.0 Å². The first-order valence-corrected chi connectivity index (χ1v) is 16.1. The van der Waals surface area contributed by atoms with E-state index in [0.29, 0.717) is 38.5 Å². The van der Waals surface area contributed by atoms with Crippen LogP contribution < -0.4 is 0 Å². The normalized spacial score (nSPS) is 18.0. The molecule has 0 radical (unpaired) electrons. The summed E-state index contributed by atoms with van der Waals surface area (Å²) in [5.41, 5.74) is 5.87. The second-order valence-corrected chi connectivity index (χ2v) is 12.4. The lowest BCUT2D eigenvalue weighted by molar-refractivity contribution is -0.0326. The van der Waals surface area contributed by atoms with Crippen molar-refractivity contribution >= 4 is 11.9 Å². The van der Waals surface area contributed by atoms with Crippen LogP contribution in [0.3, 0.4) is 0 Å². The van der Waals surface area contributed by atoms with Crippen molar-refractivity contribution in [3.63, 3.8) is 0 Å². The summed E-state index contributed by atoms with van der Waals surface area (Å²) in [5, 5.41) is 14.2. The van der Waals surface area contributed by atoms with E-state index in [1.165, 1.54) is 22.3 Å². The van der Waals surface area contributed by atoms with Gasteiger partial charge in [0, 0.05) is 17.3 Å². The highest BCUT2D eigenvalue weighted by molar-refractivity contribution is 5.81. The third-order valence-electron chi connectivity index (χ3n) is 8.65. The molecule has 0 amide bonds. The Kier molecular flexibility index (Phi) is 10.4. The van der Waals surface area contributed by atoms with Crippen LogP contribution in [0.15, 0.2) is 132 Å². The Morgan fingerprint density at radius 2 is 1.16 bits per heavy atom. The van der Waals surface area contributed by atoms with Gasteiger partial charge in [-0.25, -0.2) is 0 Å². The fourth-order valence-electron chi connectivity index (χ4n) is 5.78. The van der Waals surface area contributed by atoms with E-state index in [1.54, 1.807) is 0 Å². The lowest BCUT2D eigenvalue weighted by Gasteiger charge is -2.32. The lowest BCUT2D eigenvalue weighted by atomic mass is 9.81. The molecule has 2 heterocycles. The van der Waals surface area contributed by atoms with Gasteiger partial charge in [-0.05, 0) is 48.4 Å². The maximum absolute atomic E-state index is 6.45. The second kappa shape index (κ2) is 15.2. The topological polar surface area (TPSA) is 49.2 Å². The Balaban J connectivity index is 1.15. The van der Waals surface area contributed by atoms with Crippen LogP contribution in [0.2, 0.25) is 0 Å². The molecular formula is C39H44N4O2. The molecule has 2 atom stereocenters. The summed E-state index contributed by atoms with van der Waals surface area (Å²) in [7, 11) is 0. The first-order chi connectivity index (χ1) is 22.2. The third kappa shape index (κ3) is 9.13. The predicted octanol–water partition coefficient (Wildman–Crippen LogP) is 8.05. The number of hydrogen-bond donors (Lipinski definition) is 0. The molecule has 0 aromatic heterocycles. The molecule has 0 aliphatic carbocycles. The molecule has 2 unspecified atom stereocenters. The van der Waals surface area contributed by atoms with Gasteiger partial charge in [-0.2, -0.15) is 10.2 Å². The summed E-state index contributed by atoms with van der Waals surface area (Å²) in [6, 6.07) is 42.8. The van der Waals surface area contributed by atoms with Gasteiger partial charge >= 0.3 is 0 Å². The van der Waals surface area contributed by atoms with Crippen molar-refractivity contribution in [1.82, 2.24) is 10.0 Å². The number of ether oxygens (including phenoxy) is 2. The number of hydrazone groups is 2. The minimum Gasteiger partial charge on any atom is -0.376 e. The SMILES string of the molecule is C/C(CCC(C/C=N/N1CC1c1ccccc1)(COCc1ccccc1)COCc1ccccc1)=N\N1CC1c1ccccc1. The first-order valence-electron chi connectivity index (χ1n) is 16.1. The van der Waals surface area contributed by atoms with Gasteiger partial charge in [-0.15, -0.1) is 0 Å². The Labute approximate surface area is 268 Å². The van der Waals surface area contributed by atoms with Gasteiger partial charge in [0.1, 0.15) is 0 Å².